The van der Waals surface area contributed by atoms with Gasteiger partial charge < -0.3 is 15.0 Å². The van der Waals surface area contributed by atoms with Gasteiger partial charge in [0, 0.05) is 19.0 Å². The van der Waals surface area contributed by atoms with Gasteiger partial charge in [0.25, 0.3) is 0 Å². The summed E-state index contributed by atoms with van der Waals surface area (Å²) in [6.45, 7) is 2.41. The number of benzene rings is 2. The summed E-state index contributed by atoms with van der Waals surface area (Å²) in [5, 5.41) is 2.85. The van der Waals surface area contributed by atoms with Gasteiger partial charge in [0.05, 0.1) is 25.0 Å². The normalized spacial score (nSPS) is 16.4. The second kappa shape index (κ2) is 8.39. The molecular weight excluding hydrogens is 361 g/mol. The highest BCUT2D eigenvalue weighted by molar-refractivity contribution is 6.04. The number of carbonyl (C=O) groups is 2. The lowest BCUT2D eigenvalue weighted by Crippen LogP contribution is -2.44. The van der Waals surface area contributed by atoms with E-state index < -0.39 is 5.82 Å². The van der Waals surface area contributed by atoms with Gasteiger partial charge in [-0.1, -0.05) is 18.2 Å². The summed E-state index contributed by atoms with van der Waals surface area (Å²) in [4.78, 5) is 28.6. The van der Waals surface area contributed by atoms with Crippen LogP contribution >= 0.6 is 0 Å². The molecule has 0 radical (unpaired) electrons. The molecule has 2 aromatic carbocycles. The maximum Gasteiger partial charge on any atom is 0.241 e. The molecule has 0 saturated carbocycles. The van der Waals surface area contributed by atoms with Crippen LogP contribution in [0.4, 0.5) is 15.8 Å². The van der Waals surface area contributed by atoms with Crippen LogP contribution in [-0.2, 0) is 16.1 Å². The van der Waals surface area contributed by atoms with E-state index in [1.54, 1.807) is 30.1 Å². The predicted octanol–water partition coefficient (Wildman–Crippen LogP) is 3.03. The summed E-state index contributed by atoms with van der Waals surface area (Å²) in [5.74, 6) is -0.473. The number of carbonyl (C=O) groups excluding carboxylic acids is 2. The first-order chi connectivity index (χ1) is 13.4. The first-order valence-corrected chi connectivity index (χ1v) is 9.11. The van der Waals surface area contributed by atoms with E-state index >= 15 is 0 Å². The molecule has 148 valence electrons. The SMILES string of the molecule is COc1ccc(CN(C)CC(=O)N2c3ccccc3NC(=O)C[C@@H]2C)cc1F. The Morgan fingerprint density at radius 2 is 2.07 bits per heavy atom. The Morgan fingerprint density at radius 3 is 2.79 bits per heavy atom. The number of rotatable bonds is 5. The molecule has 0 unspecified atom stereocenters. The van der Waals surface area contributed by atoms with Crippen molar-refractivity contribution in [3.05, 3.63) is 53.8 Å². The van der Waals surface area contributed by atoms with E-state index in [4.69, 9.17) is 4.74 Å². The molecule has 0 fully saturated rings. The van der Waals surface area contributed by atoms with Crippen LogP contribution in [0, 0.1) is 5.82 Å². The predicted molar refractivity (Wildman–Crippen MR) is 106 cm³/mol. The molecule has 0 aliphatic carbocycles. The topological polar surface area (TPSA) is 61.9 Å². The highest BCUT2D eigenvalue weighted by atomic mass is 19.1. The van der Waals surface area contributed by atoms with Crippen LogP contribution in [0.5, 0.6) is 5.75 Å². The van der Waals surface area contributed by atoms with Gasteiger partial charge in [0.2, 0.25) is 11.8 Å². The molecule has 2 aromatic rings. The molecular formula is C21H24FN3O3. The Labute approximate surface area is 163 Å². The number of hydrogen-bond donors (Lipinski definition) is 1. The van der Waals surface area contributed by atoms with Crippen molar-refractivity contribution >= 4 is 23.2 Å². The number of likely N-dealkylation sites (N-methyl/N-ethyl adjacent to an activating group) is 1. The van der Waals surface area contributed by atoms with Crippen LogP contribution in [0.15, 0.2) is 42.5 Å². The zero-order valence-corrected chi connectivity index (χ0v) is 16.2. The minimum atomic E-state index is -0.431. The number of amides is 2. The van der Waals surface area contributed by atoms with E-state index in [9.17, 15) is 14.0 Å². The Kier molecular flexibility index (Phi) is 5.94. The first-order valence-electron chi connectivity index (χ1n) is 9.11. The highest BCUT2D eigenvalue weighted by Crippen LogP contribution is 2.31. The van der Waals surface area contributed by atoms with Gasteiger partial charge in [-0.05, 0) is 43.8 Å². The number of para-hydroxylation sites is 2. The molecule has 2 amide bonds. The zero-order valence-electron chi connectivity index (χ0n) is 16.2. The smallest absolute Gasteiger partial charge is 0.241 e. The third-order valence-corrected chi connectivity index (χ3v) is 4.70. The quantitative estimate of drug-likeness (QED) is 0.860. The fourth-order valence-corrected chi connectivity index (χ4v) is 3.45. The number of nitrogens with zero attached hydrogens (tertiary/aromatic N) is 2. The first kappa shape index (κ1) is 19.8. The summed E-state index contributed by atoms with van der Waals surface area (Å²) >= 11 is 0. The monoisotopic (exact) mass is 385 g/mol. The molecule has 6 nitrogen and oxygen atoms in total. The van der Waals surface area contributed by atoms with Crippen molar-refractivity contribution in [1.29, 1.82) is 0 Å². The maximum atomic E-state index is 13.9. The van der Waals surface area contributed by atoms with E-state index in [0.717, 1.165) is 5.56 Å². The number of hydrogen-bond acceptors (Lipinski definition) is 4. The lowest BCUT2D eigenvalue weighted by Gasteiger charge is -2.29. The molecule has 28 heavy (non-hydrogen) atoms. The summed E-state index contributed by atoms with van der Waals surface area (Å²) in [6.07, 6.45) is 0.230. The summed E-state index contributed by atoms with van der Waals surface area (Å²) in [7, 11) is 3.22. The van der Waals surface area contributed by atoms with E-state index in [2.05, 4.69) is 5.32 Å². The number of nitrogens with one attached hydrogen (secondary N) is 1. The maximum absolute atomic E-state index is 13.9. The van der Waals surface area contributed by atoms with Gasteiger partial charge in [-0.3, -0.25) is 14.5 Å². The molecule has 0 saturated heterocycles. The lowest BCUT2D eigenvalue weighted by atomic mass is 10.1. The lowest BCUT2D eigenvalue weighted by molar-refractivity contribution is -0.120. The van der Waals surface area contributed by atoms with E-state index in [1.165, 1.54) is 13.2 Å². The summed E-state index contributed by atoms with van der Waals surface area (Å²) < 4.78 is 18.8. The van der Waals surface area contributed by atoms with Gasteiger partial charge >= 0.3 is 0 Å². The molecule has 0 aromatic heterocycles. The van der Waals surface area contributed by atoms with Crippen LogP contribution < -0.4 is 15.0 Å². The van der Waals surface area contributed by atoms with Crippen LogP contribution in [-0.4, -0.2) is 43.5 Å². The van der Waals surface area contributed by atoms with E-state index in [0.29, 0.717) is 17.9 Å². The number of ether oxygens (including phenoxy) is 1. The average Bonchev–Trinajstić information content (AvgIpc) is 2.75. The van der Waals surface area contributed by atoms with Crippen molar-refractivity contribution in [2.24, 2.45) is 0 Å². The molecule has 1 heterocycles. The zero-order chi connectivity index (χ0) is 20.3. The van der Waals surface area contributed by atoms with Crippen molar-refractivity contribution in [3.8, 4) is 5.75 Å². The Hall–Kier alpha value is -2.93. The average molecular weight is 385 g/mol. The molecule has 1 aliphatic heterocycles. The standard InChI is InChI=1S/C21H24FN3O3/c1-14-10-20(26)23-17-6-4-5-7-18(17)25(14)21(27)13-24(2)12-15-8-9-19(28-3)16(22)11-15/h4-9,11,14H,10,12-13H2,1-3H3,(H,23,26)/t14-/m0/s1. The van der Waals surface area contributed by atoms with Crippen LogP contribution in [0.3, 0.4) is 0 Å². The van der Waals surface area contributed by atoms with Crippen molar-refractivity contribution < 1.29 is 18.7 Å². The highest BCUT2D eigenvalue weighted by Gasteiger charge is 2.29. The van der Waals surface area contributed by atoms with Gasteiger partial charge in [-0.2, -0.15) is 0 Å². The third kappa shape index (κ3) is 4.31. The number of methoxy groups -OCH3 is 1. The van der Waals surface area contributed by atoms with Crippen molar-refractivity contribution in [1.82, 2.24) is 4.90 Å². The Bertz CT molecular complexity index is 887. The minimum Gasteiger partial charge on any atom is -0.494 e. The number of halogens is 1. The number of anilines is 2. The molecule has 7 heteroatoms. The van der Waals surface area contributed by atoms with Crippen molar-refractivity contribution in [2.45, 2.75) is 25.9 Å². The largest absolute Gasteiger partial charge is 0.494 e. The molecule has 3 rings (SSSR count). The van der Waals surface area contributed by atoms with Crippen molar-refractivity contribution in [2.75, 3.05) is 30.9 Å². The van der Waals surface area contributed by atoms with Gasteiger partial charge in [0.15, 0.2) is 11.6 Å². The van der Waals surface area contributed by atoms with Gasteiger partial charge in [-0.15, -0.1) is 0 Å². The number of fused-ring (bicyclic) bond motifs is 1. The second-order valence-corrected chi connectivity index (χ2v) is 7.02. The van der Waals surface area contributed by atoms with Crippen molar-refractivity contribution in [3.63, 3.8) is 0 Å². The fourth-order valence-electron chi connectivity index (χ4n) is 3.45. The Morgan fingerprint density at radius 1 is 1.32 bits per heavy atom. The molecule has 1 atom stereocenters. The van der Waals surface area contributed by atoms with Gasteiger partial charge in [0.1, 0.15) is 0 Å². The fraction of sp³-hybridized carbons (Fsp3) is 0.333. The summed E-state index contributed by atoms with van der Waals surface area (Å²) in [6, 6.07) is 11.8. The molecule has 0 spiro atoms. The Balaban J connectivity index is 1.74. The second-order valence-electron chi connectivity index (χ2n) is 7.02. The van der Waals surface area contributed by atoms with Gasteiger partial charge in [-0.25, -0.2) is 4.39 Å². The minimum absolute atomic E-state index is 0.114. The van der Waals surface area contributed by atoms with E-state index in [-0.39, 0.29) is 36.6 Å². The molecule has 0 bridgehead atoms. The van der Waals surface area contributed by atoms with Crippen LogP contribution in [0.1, 0.15) is 18.9 Å². The van der Waals surface area contributed by atoms with E-state index in [1.807, 2.05) is 30.0 Å². The van der Waals surface area contributed by atoms with Crippen LogP contribution in [0.25, 0.3) is 0 Å². The molecule has 1 aliphatic rings. The molecule has 1 N–H and O–H groups in total. The third-order valence-electron chi connectivity index (χ3n) is 4.70. The van der Waals surface area contributed by atoms with Crippen LogP contribution in [0.2, 0.25) is 0 Å². The summed E-state index contributed by atoms with van der Waals surface area (Å²) in [5.41, 5.74) is 2.06.